The summed E-state index contributed by atoms with van der Waals surface area (Å²) >= 11 is 1.46. The van der Waals surface area contributed by atoms with E-state index in [1.165, 1.54) is 16.9 Å². The molecule has 0 aliphatic carbocycles. The number of nitrogens with zero attached hydrogens (tertiary/aromatic N) is 3. The van der Waals surface area contributed by atoms with E-state index >= 15 is 0 Å². The van der Waals surface area contributed by atoms with Gasteiger partial charge in [0, 0.05) is 11.9 Å². The van der Waals surface area contributed by atoms with Crippen LogP contribution in [0.15, 0.2) is 60.7 Å². The second-order valence-corrected chi connectivity index (χ2v) is 7.58. The third-order valence-electron chi connectivity index (χ3n) is 4.54. The number of amides is 1. The maximum absolute atomic E-state index is 12.6. The minimum atomic E-state index is -0.101. The molecule has 2 aromatic carbocycles. The van der Waals surface area contributed by atoms with E-state index in [4.69, 9.17) is 5.26 Å². The summed E-state index contributed by atoms with van der Waals surface area (Å²) in [5.74, 6) is -0.101. The van der Waals surface area contributed by atoms with Gasteiger partial charge >= 0.3 is 0 Å². The molecular formula is C22H18N4OS. The summed E-state index contributed by atoms with van der Waals surface area (Å²) in [6.07, 6.45) is 0. The van der Waals surface area contributed by atoms with Crippen LogP contribution in [0.4, 0.5) is 0 Å². The first-order valence-corrected chi connectivity index (χ1v) is 9.74. The van der Waals surface area contributed by atoms with Crippen molar-refractivity contribution in [1.29, 1.82) is 5.26 Å². The number of aromatic nitrogens is 2. The molecule has 4 aromatic rings. The number of aryl methyl sites for hydroxylation is 1. The van der Waals surface area contributed by atoms with Crippen molar-refractivity contribution in [3.8, 4) is 6.07 Å². The van der Waals surface area contributed by atoms with Crippen LogP contribution >= 0.6 is 11.3 Å². The van der Waals surface area contributed by atoms with Gasteiger partial charge in [0.25, 0.3) is 5.91 Å². The molecule has 2 aromatic heterocycles. The number of carbonyl (C=O) groups is 1. The van der Waals surface area contributed by atoms with Crippen molar-refractivity contribution in [3.05, 3.63) is 87.9 Å². The van der Waals surface area contributed by atoms with Gasteiger partial charge in [-0.25, -0.2) is 0 Å². The first kappa shape index (κ1) is 18.0. The Balaban J connectivity index is 1.51. The maximum Gasteiger partial charge on any atom is 0.261 e. The fourth-order valence-corrected chi connectivity index (χ4v) is 4.13. The highest BCUT2D eigenvalue weighted by molar-refractivity contribution is 7.20. The van der Waals surface area contributed by atoms with Crippen molar-refractivity contribution in [1.82, 2.24) is 15.1 Å². The molecule has 6 heteroatoms. The second kappa shape index (κ2) is 7.67. The molecule has 0 saturated heterocycles. The van der Waals surface area contributed by atoms with E-state index in [1.807, 2.05) is 48.0 Å². The Labute approximate surface area is 166 Å². The summed E-state index contributed by atoms with van der Waals surface area (Å²) in [6.45, 7) is 3.07. The predicted octanol–water partition coefficient (Wildman–Crippen LogP) is 4.26. The van der Waals surface area contributed by atoms with Gasteiger partial charge in [0.1, 0.15) is 4.83 Å². The minimum absolute atomic E-state index is 0.101. The molecule has 0 unspecified atom stereocenters. The topological polar surface area (TPSA) is 70.7 Å². The Kier molecular flexibility index (Phi) is 4.92. The lowest BCUT2D eigenvalue weighted by Gasteiger charge is -2.04. The summed E-state index contributed by atoms with van der Waals surface area (Å²) in [7, 11) is 0. The Morgan fingerprint density at radius 3 is 2.61 bits per heavy atom. The number of rotatable bonds is 5. The summed E-state index contributed by atoms with van der Waals surface area (Å²) < 4.78 is 1.96. The number of hydrogen-bond donors (Lipinski definition) is 1. The maximum atomic E-state index is 12.6. The largest absolute Gasteiger partial charge is 0.347 e. The van der Waals surface area contributed by atoms with Crippen molar-refractivity contribution < 1.29 is 4.79 Å². The van der Waals surface area contributed by atoms with Crippen LogP contribution in [0, 0.1) is 18.3 Å². The lowest BCUT2D eigenvalue weighted by Crippen LogP contribution is -2.21. The molecule has 28 heavy (non-hydrogen) atoms. The number of nitriles is 1. The zero-order chi connectivity index (χ0) is 19.5. The zero-order valence-electron chi connectivity index (χ0n) is 15.3. The van der Waals surface area contributed by atoms with Crippen LogP contribution in [0.2, 0.25) is 0 Å². The smallest absolute Gasteiger partial charge is 0.261 e. The van der Waals surface area contributed by atoms with Gasteiger partial charge in [0.05, 0.1) is 28.7 Å². The van der Waals surface area contributed by atoms with Crippen molar-refractivity contribution in [2.75, 3.05) is 0 Å². The van der Waals surface area contributed by atoms with Gasteiger partial charge in [-0.05, 0) is 36.2 Å². The highest BCUT2D eigenvalue weighted by Crippen LogP contribution is 2.29. The number of hydrogen-bond acceptors (Lipinski definition) is 4. The molecule has 0 saturated carbocycles. The molecule has 0 fully saturated rings. The average molecular weight is 386 g/mol. The number of benzene rings is 2. The lowest BCUT2D eigenvalue weighted by molar-refractivity contribution is 0.0955. The van der Waals surface area contributed by atoms with E-state index in [9.17, 15) is 4.79 Å². The number of thiophene rings is 1. The van der Waals surface area contributed by atoms with Gasteiger partial charge < -0.3 is 5.32 Å². The SMILES string of the molecule is Cc1nn(Cc2ccccc2)c2sc(C(=O)NCc3ccc(C#N)cc3)cc12. The third kappa shape index (κ3) is 3.66. The Bertz CT molecular complexity index is 1170. The van der Waals surface area contributed by atoms with Crippen molar-refractivity contribution in [2.24, 2.45) is 0 Å². The summed E-state index contributed by atoms with van der Waals surface area (Å²) in [5.41, 5.74) is 3.67. The normalized spacial score (nSPS) is 10.7. The molecular weight excluding hydrogens is 368 g/mol. The molecule has 138 valence electrons. The fourth-order valence-electron chi connectivity index (χ4n) is 3.05. The van der Waals surface area contributed by atoms with Crippen LogP contribution in [0.25, 0.3) is 10.2 Å². The minimum Gasteiger partial charge on any atom is -0.347 e. The van der Waals surface area contributed by atoms with Gasteiger partial charge in [-0.15, -0.1) is 11.3 Å². The molecule has 0 radical (unpaired) electrons. The molecule has 0 aliphatic heterocycles. The first-order valence-electron chi connectivity index (χ1n) is 8.92. The van der Waals surface area contributed by atoms with Gasteiger partial charge in [-0.3, -0.25) is 9.48 Å². The predicted molar refractivity (Wildman–Crippen MR) is 110 cm³/mol. The van der Waals surface area contributed by atoms with E-state index in [0.29, 0.717) is 23.5 Å². The van der Waals surface area contributed by atoms with Gasteiger partial charge in [0.2, 0.25) is 0 Å². The summed E-state index contributed by atoms with van der Waals surface area (Å²) in [6, 6.07) is 21.4. The average Bonchev–Trinajstić information content (AvgIpc) is 3.29. The quantitative estimate of drug-likeness (QED) is 0.557. The standard InChI is InChI=1S/C22H18N4OS/c1-15-19-11-20(21(27)24-13-17-9-7-16(12-23)8-10-17)28-22(19)26(25-15)14-18-5-3-2-4-6-18/h2-11H,13-14H2,1H3,(H,24,27). The highest BCUT2D eigenvalue weighted by Gasteiger charge is 2.16. The van der Waals surface area contributed by atoms with Crippen LogP contribution in [0.1, 0.15) is 32.1 Å². The highest BCUT2D eigenvalue weighted by atomic mass is 32.1. The Morgan fingerprint density at radius 2 is 1.89 bits per heavy atom. The van der Waals surface area contributed by atoms with Crippen molar-refractivity contribution in [2.45, 2.75) is 20.0 Å². The lowest BCUT2D eigenvalue weighted by atomic mass is 10.1. The molecule has 2 heterocycles. The summed E-state index contributed by atoms with van der Waals surface area (Å²) in [4.78, 5) is 14.3. The number of fused-ring (bicyclic) bond motifs is 1. The van der Waals surface area contributed by atoms with Gasteiger partial charge in [0.15, 0.2) is 0 Å². The van der Waals surface area contributed by atoms with E-state index < -0.39 is 0 Å². The van der Waals surface area contributed by atoms with Crippen LogP contribution in [0.3, 0.4) is 0 Å². The summed E-state index contributed by atoms with van der Waals surface area (Å²) in [5, 5.41) is 17.4. The second-order valence-electron chi connectivity index (χ2n) is 6.55. The molecule has 0 bridgehead atoms. The van der Waals surface area contributed by atoms with E-state index in [2.05, 4.69) is 28.6 Å². The molecule has 1 N–H and O–H groups in total. The van der Waals surface area contributed by atoms with E-state index in [0.717, 1.165) is 21.5 Å². The van der Waals surface area contributed by atoms with E-state index in [1.54, 1.807) is 12.1 Å². The number of nitrogens with one attached hydrogen (secondary N) is 1. The molecule has 0 atom stereocenters. The molecule has 0 spiro atoms. The molecule has 5 nitrogen and oxygen atoms in total. The Morgan fingerprint density at radius 1 is 1.14 bits per heavy atom. The molecule has 0 aliphatic rings. The van der Waals surface area contributed by atoms with Crippen molar-refractivity contribution in [3.63, 3.8) is 0 Å². The molecule has 1 amide bonds. The monoisotopic (exact) mass is 386 g/mol. The fraction of sp³-hybridized carbons (Fsp3) is 0.136. The third-order valence-corrected chi connectivity index (χ3v) is 5.69. The zero-order valence-corrected chi connectivity index (χ0v) is 16.2. The molecule has 4 rings (SSSR count). The van der Waals surface area contributed by atoms with Gasteiger partial charge in [-0.2, -0.15) is 10.4 Å². The first-order chi connectivity index (χ1) is 13.6. The van der Waals surface area contributed by atoms with Crippen molar-refractivity contribution >= 4 is 27.5 Å². The van der Waals surface area contributed by atoms with Crippen LogP contribution in [-0.2, 0) is 13.1 Å². The number of carbonyl (C=O) groups excluding carboxylic acids is 1. The van der Waals surface area contributed by atoms with Crippen LogP contribution < -0.4 is 5.32 Å². The van der Waals surface area contributed by atoms with Crippen LogP contribution in [-0.4, -0.2) is 15.7 Å². The Hall–Kier alpha value is -3.43. The van der Waals surface area contributed by atoms with Gasteiger partial charge in [-0.1, -0.05) is 42.5 Å². The van der Waals surface area contributed by atoms with E-state index in [-0.39, 0.29) is 5.91 Å². The van der Waals surface area contributed by atoms with Crippen LogP contribution in [0.5, 0.6) is 0 Å².